The average molecular weight is 464 g/mol. The SMILES string of the molecule is CCOC1CCC(c2ccc(CCC(F)(F)Oc3cc(F)c(F)c(F)c3)c(F)c2F)CC1. The summed E-state index contributed by atoms with van der Waals surface area (Å²) in [6.45, 7) is 2.48. The van der Waals surface area contributed by atoms with Gasteiger partial charge in [0.25, 0.3) is 0 Å². The number of aryl methyl sites for hydroxylation is 1. The molecule has 0 aliphatic heterocycles. The molecule has 0 N–H and O–H groups in total. The van der Waals surface area contributed by atoms with Gasteiger partial charge < -0.3 is 9.47 Å². The van der Waals surface area contributed by atoms with E-state index in [4.69, 9.17) is 4.74 Å². The van der Waals surface area contributed by atoms with Gasteiger partial charge >= 0.3 is 6.11 Å². The smallest absolute Gasteiger partial charge is 0.398 e. The van der Waals surface area contributed by atoms with Gasteiger partial charge in [0.15, 0.2) is 29.1 Å². The van der Waals surface area contributed by atoms with E-state index in [0.29, 0.717) is 19.4 Å². The summed E-state index contributed by atoms with van der Waals surface area (Å²) in [5.74, 6) is -8.55. The van der Waals surface area contributed by atoms with Crippen LogP contribution < -0.4 is 4.74 Å². The Balaban J connectivity index is 1.64. The first-order chi connectivity index (χ1) is 15.1. The van der Waals surface area contributed by atoms with E-state index in [-0.39, 0.29) is 35.3 Å². The molecule has 2 nitrogen and oxygen atoms in total. The molecule has 32 heavy (non-hydrogen) atoms. The lowest BCUT2D eigenvalue weighted by atomic mass is 9.82. The van der Waals surface area contributed by atoms with Gasteiger partial charge in [0.1, 0.15) is 5.75 Å². The Bertz CT molecular complexity index is 917. The van der Waals surface area contributed by atoms with Crippen LogP contribution in [0.15, 0.2) is 24.3 Å². The Hall–Kier alpha value is -2.29. The Morgan fingerprint density at radius 2 is 1.50 bits per heavy atom. The highest BCUT2D eigenvalue weighted by molar-refractivity contribution is 5.30. The molecule has 0 radical (unpaired) electrons. The predicted molar refractivity (Wildman–Crippen MR) is 103 cm³/mol. The molecule has 2 aromatic carbocycles. The lowest BCUT2D eigenvalue weighted by molar-refractivity contribution is -0.180. The second-order valence-corrected chi connectivity index (χ2v) is 7.81. The van der Waals surface area contributed by atoms with E-state index >= 15 is 0 Å². The van der Waals surface area contributed by atoms with Gasteiger partial charge in [0, 0.05) is 18.7 Å². The van der Waals surface area contributed by atoms with Gasteiger partial charge in [-0.25, -0.2) is 22.0 Å². The van der Waals surface area contributed by atoms with Gasteiger partial charge in [-0.15, -0.1) is 0 Å². The highest BCUT2D eigenvalue weighted by Gasteiger charge is 2.33. The predicted octanol–water partition coefficient (Wildman–Crippen LogP) is 7.05. The largest absolute Gasteiger partial charge is 0.432 e. The summed E-state index contributed by atoms with van der Waals surface area (Å²) in [6, 6.07) is 3.22. The van der Waals surface area contributed by atoms with Crippen LogP contribution in [0.4, 0.5) is 30.7 Å². The molecular weight excluding hydrogens is 441 g/mol. The molecule has 9 heteroatoms. The molecular formula is C23H23F7O2. The van der Waals surface area contributed by atoms with E-state index < -0.39 is 53.8 Å². The fourth-order valence-electron chi connectivity index (χ4n) is 3.98. The summed E-state index contributed by atoms with van der Waals surface area (Å²) in [7, 11) is 0. The highest BCUT2D eigenvalue weighted by Crippen LogP contribution is 2.37. The van der Waals surface area contributed by atoms with Crippen LogP contribution in [-0.2, 0) is 11.2 Å². The molecule has 1 aliphatic rings. The van der Waals surface area contributed by atoms with Crippen molar-refractivity contribution in [3.63, 3.8) is 0 Å². The first-order valence-electron chi connectivity index (χ1n) is 10.4. The summed E-state index contributed by atoms with van der Waals surface area (Å²) < 4.78 is 106. The third kappa shape index (κ3) is 5.74. The van der Waals surface area contributed by atoms with Crippen LogP contribution in [0.25, 0.3) is 0 Å². The number of hydrogen-bond acceptors (Lipinski definition) is 2. The lowest BCUT2D eigenvalue weighted by Gasteiger charge is -2.29. The lowest BCUT2D eigenvalue weighted by Crippen LogP contribution is -2.26. The summed E-state index contributed by atoms with van der Waals surface area (Å²) in [4.78, 5) is 0. The fraction of sp³-hybridized carbons (Fsp3) is 0.478. The van der Waals surface area contributed by atoms with Crippen molar-refractivity contribution in [2.75, 3.05) is 6.61 Å². The zero-order valence-electron chi connectivity index (χ0n) is 17.4. The molecule has 0 unspecified atom stereocenters. The van der Waals surface area contributed by atoms with Crippen molar-refractivity contribution in [3.8, 4) is 5.75 Å². The first kappa shape index (κ1) is 24.4. The molecule has 1 saturated carbocycles. The van der Waals surface area contributed by atoms with E-state index in [1.165, 1.54) is 12.1 Å². The van der Waals surface area contributed by atoms with Crippen LogP contribution in [0.2, 0.25) is 0 Å². The van der Waals surface area contributed by atoms with Crippen LogP contribution in [0.5, 0.6) is 5.75 Å². The second-order valence-electron chi connectivity index (χ2n) is 7.81. The van der Waals surface area contributed by atoms with Gasteiger partial charge in [0.2, 0.25) is 0 Å². The van der Waals surface area contributed by atoms with E-state index in [1.807, 2.05) is 6.92 Å². The molecule has 0 heterocycles. The maximum absolute atomic E-state index is 14.6. The minimum atomic E-state index is -3.95. The zero-order chi connectivity index (χ0) is 23.5. The van der Waals surface area contributed by atoms with Crippen LogP contribution >= 0.6 is 0 Å². The van der Waals surface area contributed by atoms with Crippen LogP contribution in [-0.4, -0.2) is 18.8 Å². The summed E-state index contributed by atoms with van der Waals surface area (Å²) >= 11 is 0. The van der Waals surface area contributed by atoms with Crippen molar-refractivity contribution < 1.29 is 40.2 Å². The highest BCUT2D eigenvalue weighted by atomic mass is 19.3. The first-order valence-corrected chi connectivity index (χ1v) is 10.4. The Morgan fingerprint density at radius 1 is 0.875 bits per heavy atom. The third-order valence-corrected chi connectivity index (χ3v) is 5.62. The Morgan fingerprint density at radius 3 is 2.09 bits per heavy atom. The zero-order valence-corrected chi connectivity index (χ0v) is 17.4. The molecule has 1 fully saturated rings. The minimum Gasteiger partial charge on any atom is -0.432 e. The monoisotopic (exact) mass is 464 g/mol. The maximum atomic E-state index is 14.6. The number of benzene rings is 2. The molecule has 0 amide bonds. The fourth-order valence-corrected chi connectivity index (χ4v) is 3.98. The third-order valence-electron chi connectivity index (χ3n) is 5.62. The number of hydrogen-bond donors (Lipinski definition) is 0. The van der Waals surface area contributed by atoms with Crippen molar-refractivity contribution in [1.29, 1.82) is 0 Å². The summed E-state index contributed by atoms with van der Waals surface area (Å²) in [5.41, 5.74) is -0.0598. The summed E-state index contributed by atoms with van der Waals surface area (Å²) in [6.07, 6.45) is -2.77. The summed E-state index contributed by atoms with van der Waals surface area (Å²) in [5, 5.41) is 0. The minimum absolute atomic E-state index is 0.105. The van der Waals surface area contributed by atoms with Gasteiger partial charge in [-0.05, 0) is 56.1 Å². The quantitative estimate of drug-likeness (QED) is 0.308. The number of halogens is 7. The molecule has 0 aromatic heterocycles. The van der Waals surface area contributed by atoms with Gasteiger partial charge in [0.05, 0.1) is 12.5 Å². The normalized spacial score (nSPS) is 19.2. The Kier molecular flexibility index (Phi) is 7.69. The van der Waals surface area contributed by atoms with E-state index in [2.05, 4.69) is 4.74 Å². The average Bonchev–Trinajstić information content (AvgIpc) is 2.74. The number of ether oxygens (including phenoxy) is 2. The molecule has 0 bridgehead atoms. The molecule has 2 aromatic rings. The standard InChI is InChI=1S/C23H23F7O2/c1-2-31-15-6-3-13(4-7-15)17-8-5-14(20(26)21(17)27)9-10-23(29,30)32-16-11-18(24)22(28)19(25)12-16/h5,8,11-13,15H,2-4,6-7,9-10H2,1H3. The molecule has 176 valence electrons. The molecule has 0 spiro atoms. The van der Waals surface area contributed by atoms with Crippen LogP contribution in [0.1, 0.15) is 56.1 Å². The van der Waals surface area contributed by atoms with E-state index in [0.717, 1.165) is 12.8 Å². The number of alkyl halides is 2. The van der Waals surface area contributed by atoms with Gasteiger partial charge in [-0.3, -0.25) is 0 Å². The van der Waals surface area contributed by atoms with Crippen molar-refractivity contribution in [3.05, 3.63) is 64.5 Å². The topological polar surface area (TPSA) is 18.5 Å². The molecule has 1 aliphatic carbocycles. The van der Waals surface area contributed by atoms with Gasteiger partial charge in [-0.2, -0.15) is 8.78 Å². The van der Waals surface area contributed by atoms with Crippen molar-refractivity contribution in [2.24, 2.45) is 0 Å². The molecule has 3 rings (SSSR count). The van der Waals surface area contributed by atoms with Crippen molar-refractivity contribution in [2.45, 2.75) is 63.6 Å². The van der Waals surface area contributed by atoms with Crippen molar-refractivity contribution in [1.82, 2.24) is 0 Å². The van der Waals surface area contributed by atoms with E-state index in [1.54, 1.807) is 0 Å². The van der Waals surface area contributed by atoms with E-state index in [9.17, 15) is 30.7 Å². The second kappa shape index (κ2) is 10.1. The number of rotatable bonds is 8. The molecule has 0 atom stereocenters. The van der Waals surface area contributed by atoms with Gasteiger partial charge in [-0.1, -0.05) is 12.1 Å². The molecule has 0 saturated heterocycles. The van der Waals surface area contributed by atoms with Crippen LogP contribution in [0.3, 0.4) is 0 Å². The van der Waals surface area contributed by atoms with Crippen LogP contribution in [0, 0.1) is 29.1 Å². The van der Waals surface area contributed by atoms with Crippen molar-refractivity contribution >= 4 is 0 Å². The maximum Gasteiger partial charge on any atom is 0.398 e. The Labute approximate surface area is 181 Å².